The Balaban J connectivity index is 1.49. The summed E-state index contributed by atoms with van der Waals surface area (Å²) in [5.41, 5.74) is 5.72. The van der Waals surface area contributed by atoms with E-state index in [1.54, 1.807) is 32.4 Å². The van der Waals surface area contributed by atoms with Crippen molar-refractivity contribution in [3.8, 4) is 11.5 Å². The minimum absolute atomic E-state index is 0.0273. The lowest BCUT2D eigenvalue weighted by molar-refractivity contribution is 0.372. The molecular weight excluding hydrogens is 460 g/mol. The van der Waals surface area contributed by atoms with Crippen LogP contribution in [0.2, 0.25) is 0 Å². The van der Waals surface area contributed by atoms with Crippen molar-refractivity contribution < 1.29 is 17.9 Å². The molecule has 3 aromatic rings. The number of methoxy groups -OCH3 is 2. The number of fused-ring (bicyclic) bond motifs is 3. The minimum Gasteiger partial charge on any atom is -0.497 e. The van der Waals surface area contributed by atoms with Crippen molar-refractivity contribution in [1.82, 2.24) is 0 Å². The Hall–Kier alpha value is -3.45. The number of benzene rings is 3. The number of hydrogen-bond donors (Lipinski definition) is 2. The topological polar surface area (TPSA) is 76.7 Å². The van der Waals surface area contributed by atoms with Crippen molar-refractivity contribution in [3.05, 3.63) is 89.0 Å². The highest BCUT2D eigenvalue weighted by atomic mass is 32.2. The van der Waals surface area contributed by atoms with Gasteiger partial charge in [-0.05, 0) is 85.3 Å². The molecule has 182 valence electrons. The molecule has 1 aliphatic carbocycles. The van der Waals surface area contributed by atoms with Crippen molar-refractivity contribution in [1.29, 1.82) is 0 Å². The van der Waals surface area contributed by atoms with Crippen molar-refractivity contribution in [2.24, 2.45) is 5.92 Å². The fraction of sp³-hybridized carbons (Fsp3) is 0.286. The molecule has 6 nitrogen and oxygen atoms in total. The third-order valence-corrected chi connectivity index (χ3v) is 8.56. The molecule has 5 rings (SSSR count). The van der Waals surface area contributed by atoms with E-state index >= 15 is 0 Å². The molecule has 0 fully saturated rings. The van der Waals surface area contributed by atoms with Crippen LogP contribution in [-0.4, -0.2) is 22.6 Å². The van der Waals surface area contributed by atoms with Crippen molar-refractivity contribution in [2.75, 3.05) is 24.3 Å². The third-order valence-electron chi connectivity index (χ3n) is 7.18. The van der Waals surface area contributed by atoms with Gasteiger partial charge in [0.25, 0.3) is 10.0 Å². The Bertz CT molecular complexity index is 1410. The molecule has 3 atom stereocenters. The zero-order chi connectivity index (χ0) is 24.7. The Labute approximate surface area is 207 Å². The molecule has 1 aliphatic heterocycles. The molecule has 0 amide bonds. The first-order valence-corrected chi connectivity index (χ1v) is 13.2. The van der Waals surface area contributed by atoms with Crippen molar-refractivity contribution in [2.45, 2.75) is 37.1 Å². The second kappa shape index (κ2) is 8.96. The van der Waals surface area contributed by atoms with Gasteiger partial charge in [-0.3, -0.25) is 4.72 Å². The lowest BCUT2D eigenvalue weighted by Crippen LogP contribution is -2.29. The zero-order valence-electron chi connectivity index (χ0n) is 20.3. The normalized spacial score (nSPS) is 20.5. The Morgan fingerprint density at radius 2 is 1.74 bits per heavy atom. The zero-order valence-corrected chi connectivity index (χ0v) is 21.1. The third kappa shape index (κ3) is 4.25. The van der Waals surface area contributed by atoms with Gasteiger partial charge in [0.2, 0.25) is 0 Å². The van der Waals surface area contributed by atoms with Crippen LogP contribution in [0.3, 0.4) is 0 Å². The van der Waals surface area contributed by atoms with Crippen LogP contribution in [0.25, 0.3) is 0 Å². The van der Waals surface area contributed by atoms with Gasteiger partial charge in [-0.25, -0.2) is 8.42 Å². The maximum Gasteiger partial charge on any atom is 0.261 e. The van der Waals surface area contributed by atoms with Crippen LogP contribution in [0.4, 0.5) is 11.4 Å². The van der Waals surface area contributed by atoms with E-state index in [9.17, 15) is 8.42 Å². The molecule has 0 bridgehead atoms. The van der Waals surface area contributed by atoms with E-state index in [4.69, 9.17) is 9.47 Å². The SMILES string of the molecule is COc1ccc([C@H]2Nc3ccc(S(=O)(=O)Nc4ccc(C)c(C)c4)cc3[C@H]3C=CC[C@H]32)c(OC)c1. The van der Waals surface area contributed by atoms with E-state index in [1.807, 2.05) is 50.2 Å². The summed E-state index contributed by atoms with van der Waals surface area (Å²) in [4.78, 5) is 0.260. The van der Waals surface area contributed by atoms with Crippen LogP contribution in [-0.2, 0) is 10.0 Å². The van der Waals surface area contributed by atoms with E-state index in [0.29, 0.717) is 5.69 Å². The largest absolute Gasteiger partial charge is 0.497 e. The summed E-state index contributed by atoms with van der Waals surface area (Å²) in [6.45, 7) is 3.98. The highest BCUT2D eigenvalue weighted by molar-refractivity contribution is 7.92. The van der Waals surface area contributed by atoms with E-state index in [2.05, 4.69) is 22.2 Å². The Morgan fingerprint density at radius 3 is 2.49 bits per heavy atom. The Kier molecular flexibility index (Phi) is 5.97. The number of hydrogen-bond acceptors (Lipinski definition) is 5. The van der Waals surface area contributed by atoms with Gasteiger partial charge in [0, 0.05) is 28.9 Å². The number of allylic oxidation sites excluding steroid dienone is 2. The second-order valence-electron chi connectivity index (χ2n) is 9.24. The molecule has 1 heterocycles. The minimum atomic E-state index is -3.72. The lowest BCUT2D eigenvalue weighted by atomic mass is 9.77. The number of ether oxygens (including phenoxy) is 2. The van der Waals surface area contributed by atoms with Gasteiger partial charge >= 0.3 is 0 Å². The van der Waals surface area contributed by atoms with Crippen LogP contribution in [0, 0.1) is 19.8 Å². The Morgan fingerprint density at radius 1 is 0.914 bits per heavy atom. The first-order chi connectivity index (χ1) is 16.8. The van der Waals surface area contributed by atoms with E-state index < -0.39 is 10.0 Å². The van der Waals surface area contributed by atoms with Crippen LogP contribution < -0.4 is 19.5 Å². The maximum absolute atomic E-state index is 13.2. The summed E-state index contributed by atoms with van der Waals surface area (Å²) in [6, 6.07) is 16.8. The first kappa shape index (κ1) is 23.3. The molecule has 0 saturated carbocycles. The maximum atomic E-state index is 13.2. The summed E-state index contributed by atoms with van der Waals surface area (Å²) in [6.07, 6.45) is 5.28. The predicted molar refractivity (Wildman–Crippen MR) is 139 cm³/mol. The molecule has 7 heteroatoms. The predicted octanol–water partition coefficient (Wildman–Crippen LogP) is 5.95. The number of sulfonamides is 1. The van der Waals surface area contributed by atoms with Gasteiger partial charge in [0.15, 0.2) is 0 Å². The molecule has 0 spiro atoms. The average molecular weight is 491 g/mol. The van der Waals surface area contributed by atoms with Crippen molar-refractivity contribution in [3.63, 3.8) is 0 Å². The smallest absolute Gasteiger partial charge is 0.261 e. The molecule has 0 saturated heterocycles. The molecule has 0 aromatic heterocycles. The number of aryl methyl sites for hydroxylation is 2. The highest BCUT2D eigenvalue weighted by Gasteiger charge is 2.39. The summed E-state index contributed by atoms with van der Waals surface area (Å²) < 4.78 is 40.2. The lowest BCUT2D eigenvalue weighted by Gasteiger charge is -2.38. The molecule has 0 radical (unpaired) electrons. The summed E-state index contributed by atoms with van der Waals surface area (Å²) in [7, 11) is -0.419. The number of anilines is 2. The monoisotopic (exact) mass is 490 g/mol. The van der Waals surface area contributed by atoms with E-state index in [-0.39, 0.29) is 22.8 Å². The average Bonchev–Trinajstić information content (AvgIpc) is 3.35. The molecule has 2 aliphatic rings. The number of nitrogens with one attached hydrogen (secondary N) is 2. The molecular formula is C28H30N2O4S. The van der Waals surface area contributed by atoms with Crippen LogP contribution in [0.1, 0.15) is 40.6 Å². The molecule has 2 N–H and O–H groups in total. The highest BCUT2D eigenvalue weighted by Crippen LogP contribution is 2.51. The summed E-state index contributed by atoms with van der Waals surface area (Å²) in [5, 5.41) is 3.66. The standard InChI is InChI=1S/C28H30N2O4S/c1-17-8-9-19(14-18(17)2)30-35(31,32)21-11-13-26-25(16-21)22-6-5-7-23(22)28(29-26)24-12-10-20(33-3)15-27(24)34-4/h5-6,8-16,22-23,28-30H,7H2,1-4H3/t22-,23+,28-/m0/s1. The van der Waals surface area contributed by atoms with Gasteiger partial charge in [0.1, 0.15) is 11.5 Å². The molecule has 35 heavy (non-hydrogen) atoms. The van der Waals surface area contributed by atoms with E-state index in [1.165, 1.54) is 0 Å². The quantitative estimate of drug-likeness (QED) is 0.418. The van der Waals surface area contributed by atoms with Gasteiger partial charge in [-0.1, -0.05) is 18.2 Å². The second-order valence-corrected chi connectivity index (χ2v) is 10.9. The van der Waals surface area contributed by atoms with E-state index in [0.717, 1.165) is 45.9 Å². The van der Waals surface area contributed by atoms with Gasteiger partial charge in [0.05, 0.1) is 25.2 Å². The van der Waals surface area contributed by atoms with Gasteiger partial charge in [-0.2, -0.15) is 0 Å². The molecule has 3 aromatic carbocycles. The van der Waals surface area contributed by atoms with Gasteiger partial charge < -0.3 is 14.8 Å². The fourth-order valence-corrected chi connectivity index (χ4v) is 6.23. The molecule has 0 unspecified atom stereocenters. The summed E-state index contributed by atoms with van der Waals surface area (Å²) in [5.74, 6) is 1.87. The first-order valence-electron chi connectivity index (χ1n) is 11.7. The summed E-state index contributed by atoms with van der Waals surface area (Å²) >= 11 is 0. The van der Waals surface area contributed by atoms with Crippen LogP contribution >= 0.6 is 0 Å². The van der Waals surface area contributed by atoms with Crippen molar-refractivity contribution >= 4 is 21.4 Å². The van der Waals surface area contributed by atoms with Gasteiger partial charge in [-0.15, -0.1) is 0 Å². The number of rotatable bonds is 6. The van der Waals surface area contributed by atoms with Crippen LogP contribution in [0.15, 0.2) is 71.6 Å². The van der Waals surface area contributed by atoms with Crippen LogP contribution in [0.5, 0.6) is 11.5 Å². The fourth-order valence-electron chi connectivity index (χ4n) is 5.14.